The zero-order chi connectivity index (χ0) is 13.9. The van der Waals surface area contributed by atoms with Crippen LogP contribution in [-0.4, -0.2) is 36.3 Å². The first-order valence-electron chi connectivity index (χ1n) is 5.91. The summed E-state index contributed by atoms with van der Waals surface area (Å²) in [6.07, 6.45) is 0. The van der Waals surface area contributed by atoms with Gasteiger partial charge in [-0.25, -0.2) is 4.68 Å². The number of hydrogen-bond donors (Lipinski definition) is 2. The number of rotatable bonds is 3. The van der Waals surface area contributed by atoms with Crippen molar-refractivity contribution < 1.29 is 4.79 Å². The number of tetrazole rings is 1. The van der Waals surface area contributed by atoms with E-state index in [0.29, 0.717) is 5.69 Å². The average Bonchev–Trinajstić information content (AvgIpc) is 3.09. The van der Waals surface area contributed by atoms with Gasteiger partial charge < -0.3 is 0 Å². The highest BCUT2D eigenvalue weighted by Crippen LogP contribution is 2.13. The lowest BCUT2D eigenvalue weighted by Crippen LogP contribution is -2.17. The Hall–Kier alpha value is -3.03. The number of hydrogen-bond acceptors (Lipinski definition) is 5. The van der Waals surface area contributed by atoms with Crippen LogP contribution in [0.4, 0.5) is 5.95 Å². The Morgan fingerprint density at radius 2 is 2.10 bits per heavy atom. The molecule has 0 aliphatic heterocycles. The number of amides is 1. The predicted molar refractivity (Wildman–Crippen MR) is 70.4 cm³/mol. The molecule has 100 valence electrons. The third-order valence-electron chi connectivity index (χ3n) is 2.64. The highest BCUT2D eigenvalue weighted by molar-refractivity contribution is 6.02. The molecule has 0 fully saturated rings. The molecule has 0 saturated carbocycles. The number of nitrogens with one attached hydrogen (secondary N) is 2. The normalized spacial score (nSPS) is 10.4. The number of H-pyrrole nitrogens is 1. The monoisotopic (exact) mass is 269 g/mol. The maximum absolute atomic E-state index is 12.2. The number of carbonyl (C=O) groups excluding carboxylic acids is 1. The van der Waals surface area contributed by atoms with Gasteiger partial charge in [0.25, 0.3) is 11.9 Å². The number of carbonyl (C=O) groups is 1. The minimum Gasteiger partial charge on any atom is -0.286 e. The molecule has 0 aliphatic carbocycles. The smallest absolute Gasteiger partial charge is 0.276 e. The van der Waals surface area contributed by atoms with E-state index in [-0.39, 0.29) is 11.9 Å². The van der Waals surface area contributed by atoms with Gasteiger partial charge >= 0.3 is 0 Å². The van der Waals surface area contributed by atoms with E-state index < -0.39 is 0 Å². The first-order valence-corrected chi connectivity index (χ1v) is 5.91. The molecule has 3 rings (SSSR count). The summed E-state index contributed by atoms with van der Waals surface area (Å²) in [5.41, 5.74) is 1.95. The van der Waals surface area contributed by atoms with Crippen LogP contribution in [-0.2, 0) is 0 Å². The van der Waals surface area contributed by atoms with Crippen LogP contribution in [0.2, 0.25) is 0 Å². The summed E-state index contributed by atoms with van der Waals surface area (Å²) in [6.45, 7) is 1.82. The zero-order valence-corrected chi connectivity index (χ0v) is 10.6. The molecule has 20 heavy (non-hydrogen) atoms. The second-order valence-electron chi connectivity index (χ2n) is 4.11. The van der Waals surface area contributed by atoms with E-state index in [0.717, 1.165) is 11.4 Å². The van der Waals surface area contributed by atoms with E-state index in [4.69, 9.17) is 0 Å². The van der Waals surface area contributed by atoms with Gasteiger partial charge in [0.15, 0.2) is 0 Å². The molecule has 2 heterocycles. The van der Waals surface area contributed by atoms with Gasteiger partial charge in [-0.1, -0.05) is 23.3 Å². The lowest BCUT2D eigenvalue weighted by Gasteiger charge is -2.06. The molecule has 0 saturated heterocycles. The van der Waals surface area contributed by atoms with Gasteiger partial charge in [0.2, 0.25) is 0 Å². The van der Waals surface area contributed by atoms with Crippen molar-refractivity contribution in [2.24, 2.45) is 0 Å². The Kier molecular flexibility index (Phi) is 2.96. The fourth-order valence-electron chi connectivity index (χ4n) is 1.81. The standard InChI is InChI=1S/C12H11N7O/c1-8-7-10(11(20)13-12-14-17-18-15-12)19(16-8)9-5-3-2-4-6-9/h2-7H,1H3,(H2,13,14,15,17,18,20). The molecule has 0 unspecified atom stereocenters. The minimum atomic E-state index is -0.351. The summed E-state index contributed by atoms with van der Waals surface area (Å²) in [6, 6.07) is 11.1. The molecule has 0 atom stereocenters. The summed E-state index contributed by atoms with van der Waals surface area (Å²) in [5, 5.41) is 19.9. The molecule has 3 aromatic rings. The zero-order valence-electron chi connectivity index (χ0n) is 10.6. The van der Waals surface area contributed by atoms with Crippen LogP contribution in [0, 0.1) is 6.92 Å². The van der Waals surface area contributed by atoms with Crippen molar-refractivity contribution in [3.05, 3.63) is 47.8 Å². The summed E-state index contributed by atoms with van der Waals surface area (Å²) >= 11 is 0. The van der Waals surface area contributed by atoms with Crippen LogP contribution in [0.15, 0.2) is 36.4 Å². The Bertz CT molecular complexity index is 718. The Morgan fingerprint density at radius 1 is 1.30 bits per heavy atom. The number of aryl methyl sites for hydroxylation is 1. The second kappa shape index (κ2) is 4.92. The largest absolute Gasteiger partial charge is 0.286 e. The van der Waals surface area contributed by atoms with Gasteiger partial charge in [0, 0.05) is 0 Å². The highest BCUT2D eigenvalue weighted by Gasteiger charge is 2.16. The minimum absolute atomic E-state index is 0.119. The van der Waals surface area contributed by atoms with Crippen molar-refractivity contribution in [3.63, 3.8) is 0 Å². The van der Waals surface area contributed by atoms with Gasteiger partial charge in [-0.05, 0) is 30.3 Å². The van der Waals surface area contributed by atoms with E-state index in [9.17, 15) is 4.79 Å². The third-order valence-corrected chi connectivity index (χ3v) is 2.64. The fourth-order valence-corrected chi connectivity index (χ4v) is 1.81. The Labute approximate surface area is 113 Å². The van der Waals surface area contributed by atoms with Crippen LogP contribution in [0.25, 0.3) is 5.69 Å². The number of anilines is 1. The van der Waals surface area contributed by atoms with Gasteiger partial charge in [0.1, 0.15) is 5.69 Å². The summed E-state index contributed by atoms with van der Waals surface area (Å²) in [5.74, 6) is -0.232. The third kappa shape index (κ3) is 2.26. The van der Waals surface area contributed by atoms with Crippen LogP contribution in [0.5, 0.6) is 0 Å². The first-order chi connectivity index (χ1) is 9.74. The maximum atomic E-state index is 12.2. The number of aromatic nitrogens is 6. The van der Waals surface area contributed by atoms with Crippen molar-refractivity contribution in [1.29, 1.82) is 0 Å². The van der Waals surface area contributed by atoms with E-state index in [2.05, 4.69) is 31.0 Å². The van der Waals surface area contributed by atoms with E-state index in [1.165, 1.54) is 0 Å². The van der Waals surface area contributed by atoms with E-state index in [1.807, 2.05) is 37.3 Å². The van der Waals surface area contributed by atoms with E-state index >= 15 is 0 Å². The summed E-state index contributed by atoms with van der Waals surface area (Å²) < 4.78 is 1.57. The number of nitrogens with zero attached hydrogens (tertiary/aromatic N) is 5. The van der Waals surface area contributed by atoms with Gasteiger partial charge in [-0.2, -0.15) is 10.3 Å². The molecule has 2 N–H and O–H groups in total. The highest BCUT2D eigenvalue weighted by atomic mass is 16.2. The van der Waals surface area contributed by atoms with Gasteiger partial charge in [0.05, 0.1) is 11.4 Å². The van der Waals surface area contributed by atoms with Crippen molar-refractivity contribution in [2.75, 3.05) is 5.32 Å². The lowest BCUT2D eigenvalue weighted by atomic mass is 10.3. The quantitative estimate of drug-likeness (QED) is 0.737. The second-order valence-corrected chi connectivity index (χ2v) is 4.11. The maximum Gasteiger partial charge on any atom is 0.276 e. The Balaban J connectivity index is 1.96. The van der Waals surface area contributed by atoms with Gasteiger partial charge in [-0.15, -0.1) is 5.10 Å². The first kappa shape index (κ1) is 12.0. The number of aromatic amines is 1. The van der Waals surface area contributed by atoms with Crippen LogP contribution in [0.1, 0.15) is 16.2 Å². The molecule has 1 amide bonds. The lowest BCUT2D eigenvalue weighted by molar-refractivity contribution is 0.101. The number of para-hydroxylation sites is 1. The molecular weight excluding hydrogens is 258 g/mol. The van der Waals surface area contributed by atoms with Crippen LogP contribution < -0.4 is 5.32 Å². The average molecular weight is 269 g/mol. The van der Waals surface area contributed by atoms with Crippen molar-refractivity contribution in [2.45, 2.75) is 6.92 Å². The van der Waals surface area contributed by atoms with Crippen molar-refractivity contribution >= 4 is 11.9 Å². The molecule has 8 heteroatoms. The molecular formula is C12H11N7O. The molecule has 0 spiro atoms. The Morgan fingerprint density at radius 3 is 2.80 bits per heavy atom. The molecule has 8 nitrogen and oxygen atoms in total. The number of benzene rings is 1. The molecule has 0 bridgehead atoms. The van der Waals surface area contributed by atoms with Crippen LogP contribution in [0.3, 0.4) is 0 Å². The van der Waals surface area contributed by atoms with E-state index in [1.54, 1.807) is 10.7 Å². The molecule has 2 aromatic heterocycles. The van der Waals surface area contributed by atoms with Crippen molar-refractivity contribution in [1.82, 2.24) is 30.4 Å². The van der Waals surface area contributed by atoms with Crippen molar-refractivity contribution in [3.8, 4) is 5.69 Å². The topological polar surface area (TPSA) is 101 Å². The predicted octanol–water partition coefficient (Wildman–Crippen LogP) is 0.946. The molecule has 0 radical (unpaired) electrons. The summed E-state index contributed by atoms with van der Waals surface area (Å²) in [4.78, 5) is 12.2. The molecule has 0 aliphatic rings. The molecule has 1 aromatic carbocycles. The summed E-state index contributed by atoms with van der Waals surface area (Å²) in [7, 11) is 0. The SMILES string of the molecule is Cc1cc(C(=O)Nc2nn[nH]n2)n(-c2ccccc2)n1. The van der Waals surface area contributed by atoms with Crippen LogP contribution >= 0.6 is 0 Å². The van der Waals surface area contributed by atoms with Gasteiger partial charge in [-0.3, -0.25) is 10.1 Å². The fraction of sp³-hybridized carbons (Fsp3) is 0.0833.